The van der Waals surface area contributed by atoms with Crippen LogP contribution in [0.15, 0.2) is 18.5 Å². The summed E-state index contributed by atoms with van der Waals surface area (Å²) in [4.78, 5) is 15.2. The number of aromatic nitrogens is 1. The van der Waals surface area contributed by atoms with Crippen LogP contribution in [-0.2, 0) is 11.2 Å². The van der Waals surface area contributed by atoms with Crippen molar-refractivity contribution in [2.45, 2.75) is 33.1 Å². The predicted molar refractivity (Wildman–Crippen MR) is 63.6 cm³/mol. The summed E-state index contributed by atoms with van der Waals surface area (Å²) >= 11 is 5.99. The number of hydrogen-bond donors (Lipinski definition) is 1. The fourth-order valence-corrected chi connectivity index (χ4v) is 1.98. The zero-order valence-corrected chi connectivity index (χ0v) is 10.3. The van der Waals surface area contributed by atoms with E-state index in [4.69, 9.17) is 11.6 Å². The van der Waals surface area contributed by atoms with Gasteiger partial charge in [0.05, 0.1) is 10.4 Å². The molecule has 1 aromatic heterocycles. The molecule has 3 nitrogen and oxygen atoms in total. The lowest BCUT2D eigenvalue weighted by Gasteiger charge is -2.27. The molecule has 0 aliphatic heterocycles. The number of nitrogens with zero attached hydrogens (tertiary/aromatic N) is 1. The predicted octanol–water partition coefficient (Wildman–Crippen LogP) is 3.17. The van der Waals surface area contributed by atoms with Crippen LogP contribution in [0.1, 0.15) is 32.3 Å². The van der Waals surface area contributed by atoms with Crippen LogP contribution in [0.25, 0.3) is 0 Å². The van der Waals surface area contributed by atoms with E-state index in [0.29, 0.717) is 24.3 Å². The van der Waals surface area contributed by atoms with Gasteiger partial charge in [-0.2, -0.15) is 0 Å². The number of rotatable bonds is 5. The van der Waals surface area contributed by atoms with E-state index >= 15 is 0 Å². The zero-order valence-electron chi connectivity index (χ0n) is 9.53. The fourth-order valence-electron chi connectivity index (χ4n) is 1.79. The van der Waals surface area contributed by atoms with Gasteiger partial charge in [-0.1, -0.05) is 25.4 Å². The van der Waals surface area contributed by atoms with Crippen molar-refractivity contribution < 1.29 is 9.90 Å². The van der Waals surface area contributed by atoms with Crippen LogP contribution in [-0.4, -0.2) is 16.1 Å². The highest BCUT2D eigenvalue weighted by molar-refractivity contribution is 6.31. The topological polar surface area (TPSA) is 50.2 Å². The Bertz CT molecular complexity index is 375. The van der Waals surface area contributed by atoms with Gasteiger partial charge in [0.1, 0.15) is 0 Å². The van der Waals surface area contributed by atoms with Gasteiger partial charge in [-0.3, -0.25) is 9.78 Å². The Hall–Kier alpha value is -1.09. The van der Waals surface area contributed by atoms with Gasteiger partial charge >= 0.3 is 5.97 Å². The molecule has 0 saturated carbocycles. The monoisotopic (exact) mass is 241 g/mol. The molecule has 88 valence electrons. The third-order valence-corrected chi connectivity index (χ3v) is 3.53. The second-order valence-electron chi connectivity index (χ2n) is 3.94. The average molecular weight is 242 g/mol. The quantitative estimate of drug-likeness (QED) is 0.862. The lowest BCUT2D eigenvalue weighted by molar-refractivity contribution is -0.149. The Balaban J connectivity index is 3.01. The SMILES string of the molecule is CCC(CC)(Cc1ccncc1Cl)C(=O)O. The molecule has 1 heterocycles. The molecule has 0 saturated heterocycles. The first-order valence-corrected chi connectivity index (χ1v) is 5.75. The van der Waals surface area contributed by atoms with Crippen LogP contribution in [0, 0.1) is 5.41 Å². The zero-order chi connectivity index (χ0) is 12.2. The van der Waals surface area contributed by atoms with Gasteiger partial charge in [-0.15, -0.1) is 0 Å². The second-order valence-corrected chi connectivity index (χ2v) is 4.34. The second kappa shape index (κ2) is 5.30. The van der Waals surface area contributed by atoms with Crippen LogP contribution in [0.3, 0.4) is 0 Å². The van der Waals surface area contributed by atoms with E-state index in [1.165, 1.54) is 0 Å². The van der Waals surface area contributed by atoms with E-state index in [0.717, 1.165) is 5.56 Å². The van der Waals surface area contributed by atoms with Gasteiger partial charge in [-0.05, 0) is 30.9 Å². The summed E-state index contributed by atoms with van der Waals surface area (Å²) in [6.07, 6.45) is 4.83. The molecule has 1 rings (SSSR count). The van der Waals surface area contributed by atoms with E-state index in [-0.39, 0.29) is 0 Å². The van der Waals surface area contributed by atoms with Gasteiger partial charge in [0.2, 0.25) is 0 Å². The lowest BCUT2D eigenvalue weighted by atomic mass is 9.77. The molecule has 0 bridgehead atoms. The molecule has 0 radical (unpaired) electrons. The maximum absolute atomic E-state index is 11.3. The molecule has 4 heteroatoms. The molecule has 1 aromatic rings. The van der Waals surface area contributed by atoms with Crippen LogP contribution < -0.4 is 0 Å². The molecule has 0 aromatic carbocycles. The number of aliphatic carboxylic acids is 1. The lowest BCUT2D eigenvalue weighted by Crippen LogP contribution is -2.32. The van der Waals surface area contributed by atoms with Crippen LogP contribution in [0.5, 0.6) is 0 Å². The summed E-state index contributed by atoms with van der Waals surface area (Å²) in [6.45, 7) is 3.79. The van der Waals surface area contributed by atoms with E-state index in [1.807, 2.05) is 13.8 Å². The highest BCUT2D eigenvalue weighted by Gasteiger charge is 2.35. The minimum absolute atomic E-state index is 0.455. The van der Waals surface area contributed by atoms with Crippen molar-refractivity contribution in [3.05, 3.63) is 29.0 Å². The van der Waals surface area contributed by atoms with Crippen LogP contribution in [0.2, 0.25) is 5.02 Å². The summed E-state index contributed by atoms with van der Waals surface area (Å²) in [5.74, 6) is -0.759. The smallest absolute Gasteiger partial charge is 0.309 e. The van der Waals surface area contributed by atoms with E-state index in [2.05, 4.69) is 4.98 Å². The number of carbonyl (C=O) groups is 1. The van der Waals surface area contributed by atoms with Crippen molar-refractivity contribution in [1.82, 2.24) is 4.98 Å². The standard InChI is InChI=1S/C12H16ClNO2/c1-3-12(4-2,11(15)16)7-9-5-6-14-8-10(9)13/h5-6,8H,3-4,7H2,1-2H3,(H,15,16). The molecule has 0 unspecified atom stereocenters. The number of hydrogen-bond acceptors (Lipinski definition) is 2. The Morgan fingerprint density at radius 3 is 2.56 bits per heavy atom. The average Bonchev–Trinajstić information content (AvgIpc) is 2.28. The summed E-state index contributed by atoms with van der Waals surface area (Å²) in [7, 11) is 0. The Labute approximate surface area is 100 Å². The third-order valence-electron chi connectivity index (χ3n) is 3.19. The van der Waals surface area contributed by atoms with Crippen LogP contribution in [0.4, 0.5) is 0 Å². The Morgan fingerprint density at radius 2 is 2.12 bits per heavy atom. The number of halogens is 1. The van der Waals surface area contributed by atoms with Crippen molar-refractivity contribution in [2.24, 2.45) is 5.41 Å². The van der Waals surface area contributed by atoms with E-state index in [1.54, 1.807) is 18.5 Å². The van der Waals surface area contributed by atoms with Crippen molar-refractivity contribution in [3.63, 3.8) is 0 Å². The molecular weight excluding hydrogens is 226 g/mol. The summed E-state index contributed by atoms with van der Waals surface area (Å²) in [6, 6.07) is 1.78. The first-order chi connectivity index (χ1) is 7.55. The van der Waals surface area contributed by atoms with Crippen molar-refractivity contribution in [3.8, 4) is 0 Å². The van der Waals surface area contributed by atoms with Gasteiger partial charge in [0, 0.05) is 12.4 Å². The van der Waals surface area contributed by atoms with Crippen molar-refractivity contribution in [2.75, 3.05) is 0 Å². The van der Waals surface area contributed by atoms with Crippen LogP contribution >= 0.6 is 11.6 Å². The highest BCUT2D eigenvalue weighted by Crippen LogP contribution is 2.33. The van der Waals surface area contributed by atoms with Crippen molar-refractivity contribution >= 4 is 17.6 Å². The largest absolute Gasteiger partial charge is 0.481 e. The number of carboxylic acid groups (broad SMARTS) is 1. The molecule has 0 spiro atoms. The minimum Gasteiger partial charge on any atom is -0.481 e. The molecule has 16 heavy (non-hydrogen) atoms. The Kier molecular flexibility index (Phi) is 4.30. The first-order valence-electron chi connectivity index (χ1n) is 5.37. The molecule has 0 atom stereocenters. The summed E-state index contributed by atoms with van der Waals surface area (Å²) < 4.78 is 0. The van der Waals surface area contributed by atoms with Crippen molar-refractivity contribution in [1.29, 1.82) is 0 Å². The molecule has 0 fully saturated rings. The molecule has 0 amide bonds. The fraction of sp³-hybridized carbons (Fsp3) is 0.500. The normalized spacial score (nSPS) is 11.4. The highest BCUT2D eigenvalue weighted by atomic mass is 35.5. The van der Waals surface area contributed by atoms with Gasteiger partial charge in [0.15, 0.2) is 0 Å². The Morgan fingerprint density at radius 1 is 1.50 bits per heavy atom. The van der Waals surface area contributed by atoms with E-state index < -0.39 is 11.4 Å². The maximum Gasteiger partial charge on any atom is 0.309 e. The van der Waals surface area contributed by atoms with E-state index in [9.17, 15) is 9.90 Å². The first kappa shape index (κ1) is 13.0. The van der Waals surface area contributed by atoms with Gasteiger partial charge < -0.3 is 5.11 Å². The molecule has 0 aliphatic carbocycles. The minimum atomic E-state index is -0.759. The number of carboxylic acids is 1. The maximum atomic E-state index is 11.3. The number of pyridine rings is 1. The van der Waals surface area contributed by atoms with Gasteiger partial charge in [0.25, 0.3) is 0 Å². The molecule has 1 N–H and O–H groups in total. The summed E-state index contributed by atoms with van der Waals surface area (Å²) in [5, 5.41) is 9.85. The van der Waals surface area contributed by atoms with Gasteiger partial charge in [-0.25, -0.2) is 0 Å². The third kappa shape index (κ3) is 2.53. The molecular formula is C12H16ClNO2. The molecule has 0 aliphatic rings. The summed E-state index contributed by atoms with van der Waals surface area (Å²) in [5.41, 5.74) is 0.133.